The van der Waals surface area contributed by atoms with Crippen molar-refractivity contribution in [2.75, 3.05) is 5.32 Å². The Morgan fingerprint density at radius 2 is 1.91 bits per heavy atom. The number of benzene rings is 2. The van der Waals surface area contributed by atoms with Gasteiger partial charge in [-0.3, -0.25) is 14.2 Å². The third kappa shape index (κ3) is 4.15. The van der Waals surface area contributed by atoms with Gasteiger partial charge in [-0.1, -0.05) is 41.9 Å². The quantitative estimate of drug-likeness (QED) is 0.378. The van der Waals surface area contributed by atoms with Crippen LogP contribution in [0.2, 0.25) is 5.02 Å². The highest BCUT2D eigenvalue weighted by molar-refractivity contribution is 6.33. The number of aromatic nitrogens is 5. The van der Waals surface area contributed by atoms with E-state index in [9.17, 15) is 9.18 Å². The molecule has 0 spiro atoms. The van der Waals surface area contributed by atoms with Crippen LogP contribution in [0.5, 0.6) is 0 Å². The van der Waals surface area contributed by atoms with Gasteiger partial charge >= 0.3 is 0 Å². The second kappa shape index (κ2) is 8.72. The number of pyridine rings is 1. The van der Waals surface area contributed by atoms with Crippen LogP contribution in [-0.4, -0.2) is 30.5 Å². The second-order valence-corrected chi connectivity index (χ2v) is 8.35. The van der Waals surface area contributed by atoms with Crippen LogP contribution in [0, 0.1) is 12.7 Å². The number of carbonyl (C=O) groups is 1. The van der Waals surface area contributed by atoms with Crippen LogP contribution in [0.4, 0.5) is 10.2 Å². The van der Waals surface area contributed by atoms with E-state index >= 15 is 0 Å². The van der Waals surface area contributed by atoms with Crippen molar-refractivity contribution in [2.45, 2.75) is 13.5 Å². The molecule has 0 aliphatic heterocycles. The fraction of sp³-hybridized carbons (Fsp3) is 0.120. The summed E-state index contributed by atoms with van der Waals surface area (Å²) < 4.78 is 16.5. The highest BCUT2D eigenvalue weighted by Gasteiger charge is 2.18. The van der Waals surface area contributed by atoms with Gasteiger partial charge in [0.2, 0.25) is 0 Å². The molecule has 0 radical (unpaired) electrons. The van der Waals surface area contributed by atoms with Crippen LogP contribution in [0.15, 0.2) is 67.0 Å². The maximum absolute atomic E-state index is 13.3. The van der Waals surface area contributed by atoms with Gasteiger partial charge in [0, 0.05) is 29.9 Å². The van der Waals surface area contributed by atoms with Gasteiger partial charge in [-0.05, 0) is 36.8 Å². The highest BCUT2D eigenvalue weighted by atomic mass is 35.5. The van der Waals surface area contributed by atoms with Gasteiger partial charge in [0.25, 0.3) is 5.91 Å². The Labute approximate surface area is 199 Å². The number of carbonyl (C=O) groups excluding carboxylic acids is 1. The summed E-state index contributed by atoms with van der Waals surface area (Å²) in [5.74, 6) is -0.412. The summed E-state index contributed by atoms with van der Waals surface area (Å²) in [5.41, 5.74) is 4.45. The number of hydrogen-bond acceptors (Lipinski definition) is 4. The molecule has 7 nitrogen and oxygen atoms in total. The molecule has 34 heavy (non-hydrogen) atoms. The van der Waals surface area contributed by atoms with Gasteiger partial charge in [0.05, 0.1) is 29.5 Å². The van der Waals surface area contributed by atoms with Crippen LogP contribution in [0.1, 0.15) is 21.6 Å². The van der Waals surface area contributed by atoms with Crippen LogP contribution >= 0.6 is 11.6 Å². The van der Waals surface area contributed by atoms with Crippen molar-refractivity contribution in [1.82, 2.24) is 24.5 Å². The predicted octanol–water partition coefficient (Wildman–Crippen LogP) is 5.23. The van der Waals surface area contributed by atoms with E-state index < -0.39 is 0 Å². The number of nitrogens with one attached hydrogen (secondary N) is 1. The van der Waals surface area contributed by atoms with E-state index in [0.29, 0.717) is 33.7 Å². The molecular formula is C25H20ClFN6O. The van der Waals surface area contributed by atoms with E-state index in [-0.39, 0.29) is 17.5 Å². The maximum Gasteiger partial charge on any atom is 0.257 e. The van der Waals surface area contributed by atoms with Gasteiger partial charge < -0.3 is 5.32 Å². The highest BCUT2D eigenvalue weighted by Crippen LogP contribution is 2.28. The minimum Gasteiger partial charge on any atom is -0.304 e. The van der Waals surface area contributed by atoms with E-state index in [1.807, 2.05) is 38.2 Å². The minimum absolute atomic E-state index is 0.244. The second-order valence-electron chi connectivity index (χ2n) is 7.94. The molecule has 9 heteroatoms. The summed E-state index contributed by atoms with van der Waals surface area (Å²) in [6.07, 6.45) is 3.36. The molecule has 1 N–H and O–H groups in total. The lowest BCUT2D eigenvalue weighted by Crippen LogP contribution is -2.14. The summed E-state index contributed by atoms with van der Waals surface area (Å²) in [7, 11) is 1.86. The molecule has 3 heterocycles. The topological polar surface area (TPSA) is 77.6 Å². The summed E-state index contributed by atoms with van der Waals surface area (Å²) in [6, 6.07) is 15.3. The fourth-order valence-electron chi connectivity index (χ4n) is 3.77. The molecule has 0 fully saturated rings. The van der Waals surface area contributed by atoms with Crippen molar-refractivity contribution >= 4 is 34.2 Å². The van der Waals surface area contributed by atoms with Gasteiger partial charge in [0.1, 0.15) is 10.8 Å². The molecular weight excluding hydrogens is 455 g/mol. The van der Waals surface area contributed by atoms with Crippen LogP contribution in [-0.2, 0) is 13.6 Å². The van der Waals surface area contributed by atoms with E-state index in [2.05, 4.69) is 15.5 Å². The molecule has 0 saturated carbocycles. The molecule has 0 unspecified atom stereocenters. The van der Waals surface area contributed by atoms with Crippen molar-refractivity contribution in [3.63, 3.8) is 0 Å². The van der Waals surface area contributed by atoms with E-state index in [1.165, 1.54) is 12.1 Å². The zero-order chi connectivity index (χ0) is 23.8. The Bertz CT molecular complexity index is 1520. The Hall–Kier alpha value is -4.04. The number of nitrogens with zero attached hydrogens (tertiary/aromatic N) is 5. The first-order valence-corrected chi connectivity index (χ1v) is 10.9. The molecule has 0 aliphatic rings. The average Bonchev–Trinajstić information content (AvgIpc) is 3.35. The Morgan fingerprint density at radius 3 is 2.65 bits per heavy atom. The van der Waals surface area contributed by atoms with Gasteiger partial charge in [0.15, 0.2) is 5.82 Å². The zero-order valence-electron chi connectivity index (χ0n) is 18.5. The number of hydrogen-bond donors (Lipinski definition) is 1. The molecule has 0 aliphatic carbocycles. The minimum atomic E-state index is -0.352. The Balaban J connectivity index is 1.47. The molecule has 5 rings (SSSR count). The first-order valence-electron chi connectivity index (χ1n) is 10.6. The number of rotatable bonds is 5. The molecule has 1 amide bonds. The average molecular weight is 475 g/mol. The molecule has 0 bridgehead atoms. The summed E-state index contributed by atoms with van der Waals surface area (Å²) in [4.78, 5) is 18.1. The molecule has 2 aromatic carbocycles. The van der Waals surface area contributed by atoms with Crippen LogP contribution < -0.4 is 5.32 Å². The largest absolute Gasteiger partial charge is 0.304 e. The van der Waals surface area contributed by atoms with Crippen LogP contribution in [0.3, 0.4) is 0 Å². The maximum atomic E-state index is 13.3. The number of aryl methyl sites for hydroxylation is 1. The lowest BCUT2D eigenvalue weighted by Gasteiger charge is -2.10. The third-order valence-electron chi connectivity index (χ3n) is 5.68. The lowest BCUT2D eigenvalue weighted by molar-refractivity contribution is 0.102. The molecule has 170 valence electrons. The Kier molecular flexibility index (Phi) is 5.59. The Morgan fingerprint density at radius 1 is 1.15 bits per heavy atom. The van der Waals surface area contributed by atoms with Crippen molar-refractivity contribution in [2.24, 2.45) is 7.05 Å². The van der Waals surface area contributed by atoms with Gasteiger partial charge in [-0.15, -0.1) is 0 Å². The summed E-state index contributed by atoms with van der Waals surface area (Å²) in [5, 5.41) is 12.5. The molecule has 0 saturated heterocycles. The van der Waals surface area contributed by atoms with Crippen LogP contribution in [0.25, 0.3) is 22.2 Å². The zero-order valence-corrected chi connectivity index (χ0v) is 19.2. The third-order valence-corrected chi connectivity index (χ3v) is 5.96. The molecule has 0 atom stereocenters. The number of para-hydroxylation sites is 1. The van der Waals surface area contributed by atoms with Gasteiger partial charge in [-0.2, -0.15) is 10.2 Å². The van der Waals surface area contributed by atoms with Crippen molar-refractivity contribution in [3.05, 3.63) is 94.7 Å². The SMILES string of the molecule is Cc1c(-c2cc(C(=O)Nc3nn(Cc4ccc(F)cc4)cc3Cl)c3ccccc3n2)cnn1C. The number of halogens is 2. The van der Waals surface area contributed by atoms with E-state index in [4.69, 9.17) is 16.6 Å². The monoisotopic (exact) mass is 474 g/mol. The fourth-order valence-corrected chi connectivity index (χ4v) is 3.96. The first kappa shape index (κ1) is 21.8. The summed E-state index contributed by atoms with van der Waals surface area (Å²) >= 11 is 6.36. The lowest BCUT2D eigenvalue weighted by atomic mass is 10.0. The predicted molar refractivity (Wildman–Crippen MR) is 129 cm³/mol. The standard InChI is InChI=1S/C25H20ClFN6O/c1-15-20(12-28-32(15)2)23-11-19(18-5-3-4-6-22(18)29-23)25(34)30-24-21(26)14-33(31-24)13-16-7-9-17(27)10-8-16/h3-12,14H,13H2,1-2H3,(H,30,31,34). The van der Waals surface area contributed by atoms with E-state index in [0.717, 1.165) is 16.8 Å². The van der Waals surface area contributed by atoms with Crippen molar-refractivity contribution in [3.8, 4) is 11.3 Å². The number of amides is 1. The smallest absolute Gasteiger partial charge is 0.257 e. The number of fused-ring (bicyclic) bond motifs is 1. The summed E-state index contributed by atoms with van der Waals surface area (Å²) in [6.45, 7) is 2.34. The first-order chi connectivity index (χ1) is 16.4. The number of anilines is 1. The van der Waals surface area contributed by atoms with Gasteiger partial charge in [-0.25, -0.2) is 9.37 Å². The van der Waals surface area contributed by atoms with Crippen molar-refractivity contribution in [1.29, 1.82) is 0 Å². The van der Waals surface area contributed by atoms with Crippen molar-refractivity contribution < 1.29 is 9.18 Å². The molecule has 3 aromatic heterocycles. The molecule has 5 aromatic rings. The van der Waals surface area contributed by atoms with E-state index in [1.54, 1.807) is 40.0 Å². The normalized spacial score (nSPS) is 11.2.